The third kappa shape index (κ3) is 6.66. The Morgan fingerprint density at radius 2 is 1.95 bits per heavy atom. The van der Waals surface area contributed by atoms with Gasteiger partial charge in [0.2, 0.25) is 5.91 Å². The molecule has 3 aromatic rings. The monoisotopic (exact) mass is 570 g/mol. The zero-order valence-corrected chi connectivity index (χ0v) is 25.4. The number of benzene rings is 1. The van der Waals surface area contributed by atoms with Crippen molar-refractivity contribution in [2.45, 2.75) is 84.0 Å². The predicted octanol–water partition coefficient (Wildman–Crippen LogP) is 6.44. The lowest BCUT2D eigenvalue weighted by Gasteiger charge is -2.20. The van der Waals surface area contributed by atoms with Gasteiger partial charge in [-0.25, -0.2) is 4.79 Å². The van der Waals surface area contributed by atoms with Crippen molar-refractivity contribution >= 4 is 40.0 Å². The van der Waals surface area contributed by atoms with Gasteiger partial charge in [-0.15, -0.1) is 21.5 Å². The van der Waals surface area contributed by atoms with Crippen LogP contribution in [-0.4, -0.2) is 39.5 Å². The second-order valence-electron chi connectivity index (χ2n) is 11.0. The van der Waals surface area contributed by atoms with Crippen molar-refractivity contribution in [3.8, 4) is 5.75 Å². The number of rotatable bonds is 9. The van der Waals surface area contributed by atoms with Gasteiger partial charge in [0.25, 0.3) is 0 Å². The highest BCUT2D eigenvalue weighted by Gasteiger charge is 2.29. The molecular weight excluding hydrogens is 532 g/mol. The fourth-order valence-corrected chi connectivity index (χ4v) is 6.97. The van der Waals surface area contributed by atoms with Crippen molar-refractivity contribution < 1.29 is 19.1 Å². The molecule has 2 heterocycles. The maximum Gasteiger partial charge on any atom is 0.341 e. The number of amides is 1. The molecule has 0 fully saturated rings. The predicted molar refractivity (Wildman–Crippen MR) is 156 cm³/mol. The van der Waals surface area contributed by atoms with Gasteiger partial charge in [0.05, 0.1) is 18.4 Å². The fourth-order valence-electron chi connectivity index (χ4n) is 4.74. The third-order valence-electron chi connectivity index (χ3n) is 6.95. The first-order valence-electron chi connectivity index (χ1n) is 13.4. The number of aromatic nitrogens is 3. The summed E-state index contributed by atoms with van der Waals surface area (Å²) in [7, 11) is 1.38. The van der Waals surface area contributed by atoms with Gasteiger partial charge >= 0.3 is 5.97 Å². The Balaban J connectivity index is 1.42. The average molecular weight is 571 g/mol. The Morgan fingerprint density at radius 3 is 2.59 bits per heavy atom. The number of fused-ring (bicyclic) bond motifs is 1. The number of nitrogens with one attached hydrogen (secondary N) is 1. The van der Waals surface area contributed by atoms with Crippen LogP contribution in [0.4, 0.5) is 5.00 Å². The van der Waals surface area contributed by atoms with Gasteiger partial charge in [0.15, 0.2) is 17.1 Å². The first kappa shape index (κ1) is 29.1. The molecular formula is C29H38N4O4S2. The van der Waals surface area contributed by atoms with E-state index in [1.807, 2.05) is 30.5 Å². The van der Waals surface area contributed by atoms with Crippen molar-refractivity contribution in [2.75, 3.05) is 18.2 Å². The van der Waals surface area contributed by atoms with Crippen LogP contribution in [0.2, 0.25) is 0 Å². The maximum atomic E-state index is 12.9. The average Bonchev–Trinajstić information content (AvgIpc) is 3.47. The first-order chi connectivity index (χ1) is 18.5. The minimum atomic E-state index is -0.401. The highest BCUT2D eigenvalue weighted by Crippen LogP contribution is 2.40. The van der Waals surface area contributed by atoms with Gasteiger partial charge < -0.3 is 19.4 Å². The summed E-state index contributed by atoms with van der Waals surface area (Å²) in [6.45, 7) is 13.4. The van der Waals surface area contributed by atoms with E-state index in [0.717, 1.165) is 35.5 Å². The van der Waals surface area contributed by atoms with E-state index in [9.17, 15) is 9.59 Å². The van der Waals surface area contributed by atoms with E-state index in [-0.39, 0.29) is 23.2 Å². The first-order valence-corrected chi connectivity index (χ1v) is 15.2. The Bertz CT molecular complexity index is 1320. The van der Waals surface area contributed by atoms with Crippen LogP contribution < -0.4 is 10.1 Å². The SMILES string of the molecule is CCn1c(SCC(=O)Nc2sc3c(c2C(=O)OC)CCC(C)C3)nnc1C(C)Oc1ccc(C(C)(C)C)cc1. The zero-order chi connectivity index (χ0) is 28.3. The molecule has 2 aromatic heterocycles. The molecule has 210 valence electrons. The lowest BCUT2D eigenvalue weighted by atomic mass is 9.87. The topological polar surface area (TPSA) is 95.3 Å². The molecule has 4 rings (SSSR count). The van der Waals surface area contributed by atoms with E-state index < -0.39 is 5.97 Å². The minimum Gasteiger partial charge on any atom is -0.483 e. The van der Waals surface area contributed by atoms with Gasteiger partial charge in [0.1, 0.15) is 10.8 Å². The summed E-state index contributed by atoms with van der Waals surface area (Å²) in [5.74, 6) is 1.57. The van der Waals surface area contributed by atoms with Crippen LogP contribution in [-0.2, 0) is 34.3 Å². The van der Waals surface area contributed by atoms with Crippen LogP contribution in [0.1, 0.15) is 86.3 Å². The number of ether oxygens (including phenoxy) is 2. The Kier molecular flexibility index (Phi) is 9.06. The minimum absolute atomic E-state index is 0.0767. The number of carbonyl (C=O) groups excluding carboxylic acids is 2. The normalized spacial score (nSPS) is 15.9. The molecule has 0 aliphatic heterocycles. The molecule has 0 saturated carbocycles. The van der Waals surface area contributed by atoms with Crippen molar-refractivity contribution in [3.05, 3.63) is 51.7 Å². The molecule has 8 nitrogen and oxygen atoms in total. The number of esters is 1. The number of carbonyl (C=O) groups is 2. The van der Waals surface area contributed by atoms with Crippen LogP contribution in [0, 0.1) is 5.92 Å². The molecule has 1 amide bonds. The van der Waals surface area contributed by atoms with Crippen molar-refractivity contribution in [1.82, 2.24) is 14.8 Å². The molecule has 0 spiro atoms. The second kappa shape index (κ2) is 12.1. The van der Waals surface area contributed by atoms with Gasteiger partial charge in [0, 0.05) is 11.4 Å². The summed E-state index contributed by atoms with van der Waals surface area (Å²) in [5.41, 5.74) is 2.84. The summed E-state index contributed by atoms with van der Waals surface area (Å²) < 4.78 is 13.2. The molecule has 1 aliphatic carbocycles. The fraction of sp³-hybridized carbons (Fsp3) is 0.517. The van der Waals surface area contributed by atoms with Crippen molar-refractivity contribution in [3.63, 3.8) is 0 Å². The highest BCUT2D eigenvalue weighted by atomic mass is 32.2. The molecule has 1 N–H and O–H groups in total. The van der Waals surface area contributed by atoms with Gasteiger partial charge in [-0.1, -0.05) is 51.6 Å². The summed E-state index contributed by atoms with van der Waals surface area (Å²) >= 11 is 2.80. The molecule has 0 bridgehead atoms. The molecule has 2 unspecified atom stereocenters. The lowest BCUT2D eigenvalue weighted by molar-refractivity contribution is -0.113. The van der Waals surface area contributed by atoms with E-state index in [0.29, 0.717) is 34.0 Å². The van der Waals surface area contributed by atoms with E-state index >= 15 is 0 Å². The molecule has 1 aromatic carbocycles. The molecule has 2 atom stereocenters. The van der Waals surface area contributed by atoms with Crippen LogP contribution >= 0.6 is 23.1 Å². The summed E-state index contributed by atoms with van der Waals surface area (Å²) in [4.78, 5) is 26.7. The van der Waals surface area contributed by atoms with Crippen molar-refractivity contribution in [1.29, 1.82) is 0 Å². The maximum absolute atomic E-state index is 12.9. The molecule has 0 radical (unpaired) electrons. The largest absolute Gasteiger partial charge is 0.483 e. The number of thiophene rings is 1. The molecule has 39 heavy (non-hydrogen) atoms. The standard InChI is InChI=1S/C29H38N4O4S2/c1-8-33-25(18(3)37-20-12-10-19(11-13-20)29(4,5)6)31-32-28(33)38-16-23(34)30-26-24(27(35)36-7)21-14-9-17(2)15-22(21)39-26/h10-13,17-18H,8-9,14-16H2,1-7H3,(H,30,34). The number of anilines is 1. The smallest absolute Gasteiger partial charge is 0.341 e. The Labute approximate surface area is 238 Å². The highest BCUT2D eigenvalue weighted by molar-refractivity contribution is 7.99. The number of nitrogens with zero attached hydrogens (tertiary/aromatic N) is 3. The molecule has 0 saturated heterocycles. The van der Waals surface area contributed by atoms with E-state index in [1.54, 1.807) is 0 Å². The summed E-state index contributed by atoms with van der Waals surface area (Å²) in [6, 6.07) is 8.14. The Hall–Kier alpha value is -2.85. The van der Waals surface area contributed by atoms with E-state index in [4.69, 9.17) is 9.47 Å². The second-order valence-corrected chi connectivity index (χ2v) is 13.1. The van der Waals surface area contributed by atoms with Gasteiger partial charge in [-0.05, 0) is 67.7 Å². The van der Waals surface area contributed by atoms with Gasteiger partial charge in [-0.3, -0.25) is 4.79 Å². The van der Waals surface area contributed by atoms with Crippen molar-refractivity contribution in [2.24, 2.45) is 5.92 Å². The third-order valence-corrected chi connectivity index (χ3v) is 9.08. The lowest BCUT2D eigenvalue weighted by Crippen LogP contribution is -2.17. The Morgan fingerprint density at radius 1 is 1.23 bits per heavy atom. The molecule has 1 aliphatic rings. The molecule has 10 heteroatoms. The van der Waals surface area contributed by atoms with Crippen LogP contribution in [0.15, 0.2) is 29.4 Å². The quantitative estimate of drug-likeness (QED) is 0.234. The summed E-state index contributed by atoms with van der Waals surface area (Å²) in [5, 5.41) is 12.9. The number of thioether (sulfide) groups is 1. The zero-order valence-electron chi connectivity index (χ0n) is 23.8. The number of hydrogen-bond acceptors (Lipinski definition) is 8. The summed E-state index contributed by atoms with van der Waals surface area (Å²) in [6.07, 6.45) is 2.45. The van der Waals surface area contributed by atoms with Crippen LogP contribution in [0.3, 0.4) is 0 Å². The van der Waals surface area contributed by atoms with Crippen LogP contribution in [0.25, 0.3) is 0 Å². The van der Waals surface area contributed by atoms with Gasteiger partial charge in [-0.2, -0.15) is 0 Å². The van der Waals surface area contributed by atoms with E-state index in [1.165, 1.54) is 35.8 Å². The van der Waals surface area contributed by atoms with Crippen LogP contribution in [0.5, 0.6) is 5.75 Å². The van der Waals surface area contributed by atoms with E-state index in [2.05, 4.69) is 55.3 Å². The number of hydrogen-bond donors (Lipinski definition) is 1. The number of methoxy groups -OCH3 is 1.